The molecule has 0 aliphatic carbocycles. The zero-order valence-corrected chi connectivity index (χ0v) is 43.4. The van der Waals surface area contributed by atoms with E-state index in [0.29, 0.717) is 19.3 Å². The Hall–Kier alpha value is -3.93. The van der Waals surface area contributed by atoms with Crippen molar-refractivity contribution in [3.8, 4) is 0 Å². The maximum Gasteiger partial charge on any atom is 0.306 e. The van der Waals surface area contributed by atoms with Crippen LogP contribution >= 0.6 is 0 Å². The smallest absolute Gasteiger partial charge is 0.306 e. The molecule has 0 aromatic heterocycles. The number of hydrogen-bond donors (Lipinski definition) is 0. The number of rotatable bonds is 48. The molecule has 67 heavy (non-hydrogen) atoms. The van der Waals surface area contributed by atoms with Crippen LogP contribution in [0.1, 0.15) is 239 Å². The summed E-state index contributed by atoms with van der Waals surface area (Å²) in [6.07, 6.45) is 73.7. The Morgan fingerprint density at radius 2 is 0.612 bits per heavy atom. The summed E-state index contributed by atoms with van der Waals surface area (Å²) in [5.41, 5.74) is 0. The van der Waals surface area contributed by atoms with Gasteiger partial charge in [-0.1, -0.05) is 239 Å². The highest BCUT2D eigenvalue weighted by Gasteiger charge is 2.19. The van der Waals surface area contributed by atoms with Gasteiger partial charge in [0.1, 0.15) is 13.2 Å². The molecule has 0 aliphatic heterocycles. The first-order chi connectivity index (χ1) is 33.0. The molecule has 380 valence electrons. The van der Waals surface area contributed by atoms with E-state index in [-0.39, 0.29) is 37.5 Å². The second kappa shape index (κ2) is 54.7. The van der Waals surface area contributed by atoms with E-state index < -0.39 is 6.10 Å². The van der Waals surface area contributed by atoms with Gasteiger partial charge in [0.15, 0.2) is 6.10 Å². The van der Waals surface area contributed by atoms with Crippen molar-refractivity contribution in [1.82, 2.24) is 0 Å². The van der Waals surface area contributed by atoms with E-state index in [1.807, 2.05) is 6.08 Å². The summed E-state index contributed by atoms with van der Waals surface area (Å²) in [7, 11) is 0. The number of ether oxygens (including phenoxy) is 3. The Labute approximate surface area is 412 Å². The maximum atomic E-state index is 12.8. The molecule has 0 aromatic rings. The molecule has 0 rings (SSSR count). The molecule has 0 saturated carbocycles. The highest BCUT2D eigenvalue weighted by Crippen LogP contribution is 2.15. The molecule has 1 unspecified atom stereocenters. The Balaban J connectivity index is 4.52. The van der Waals surface area contributed by atoms with E-state index in [9.17, 15) is 14.4 Å². The number of unbranched alkanes of at least 4 members (excludes halogenated alkanes) is 19. The fourth-order valence-corrected chi connectivity index (χ4v) is 7.25. The Kier molecular flexibility index (Phi) is 51.5. The van der Waals surface area contributed by atoms with Crippen LogP contribution < -0.4 is 0 Å². The van der Waals surface area contributed by atoms with Crippen LogP contribution in [0.2, 0.25) is 0 Å². The van der Waals surface area contributed by atoms with Crippen molar-refractivity contribution < 1.29 is 28.6 Å². The highest BCUT2D eigenvalue weighted by atomic mass is 16.6. The monoisotopic (exact) mass is 929 g/mol. The lowest BCUT2D eigenvalue weighted by Crippen LogP contribution is -2.30. The van der Waals surface area contributed by atoms with Crippen molar-refractivity contribution in [3.63, 3.8) is 0 Å². The molecule has 0 saturated heterocycles. The van der Waals surface area contributed by atoms with Crippen molar-refractivity contribution >= 4 is 17.9 Å². The Morgan fingerprint density at radius 3 is 1.00 bits per heavy atom. The second-order valence-corrected chi connectivity index (χ2v) is 17.7. The van der Waals surface area contributed by atoms with Gasteiger partial charge in [-0.3, -0.25) is 14.4 Å². The average molecular weight is 929 g/mol. The van der Waals surface area contributed by atoms with E-state index in [4.69, 9.17) is 14.2 Å². The third kappa shape index (κ3) is 52.9. The van der Waals surface area contributed by atoms with E-state index in [2.05, 4.69) is 124 Å². The van der Waals surface area contributed by atoms with Gasteiger partial charge in [-0.2, -0.15) is 0 Å². The molecule has 0 bridgehead atoms. The van der Waals surface area contributed by atoms with Gasteiger partial charge in [0.05, 0.1) is 0 Å². The zero-order chi connectivity index (χ0) is 48.6. The van der Waals surface area contributed by atoms with Gasteiger partial charge >= 0.3 is 17.9 Å². The van der Waals surface area contributed by atoms with Gasteiger partial charge in [0.2, 0.25) is 0 Å². The average Bonchev–Trinajstić information content (AvgIpc) is 3.33. The number of carbonyl (C=O) groups excluding carboxylic acids is 3. The quantitative estimate of drug-likeness (QED) is 0.0262. The van der Waals surface area contributed by atoms with Crippen LogP contribution in [-0.2, 0) is 28.6 Å². The summed E-state index contributed by atoms with van der Waals surface area (Å²) < 4.78 is 16.8. The third-order valence-corrected chi connectivity index (χ3v) is 11.3. The number of hydrogen-bond acceptors (Lipinski definition) is 6. The van der Waals surface area contributed by atoms with Crippen LogP contribution in [0.25, 0.3) is 0 Å². The molecule has 6 nitrogen and oxygen atoms in total. The zero-order valence-electron chi connectivity index (χ0n) is 43.4. The van der Waals surface area contributed by atoms with Crippen molar-refractivity contribution in [3.05, 3.63) is 109 Å². The summed E-state index contributed by atoms with van der Waals surface area (Å²) in [5.74, 6) is -1.01. The van der Waals surface area contributed by atoms with E-state index in [1.165, 1.54) is 77.0 Å². The first-order valence-corrected chi connectivity index (χ1v) is 27.4. The fraction of sp³-hybridized carbons (Fsp3) is 0.656. The molecule has 0 radical (unpaired) electrons. The molecule has 6 heteroatoms. The Bertz CT molecular complexity index is 1390. The van der Waals surface area contributed by atoms with Crippen LogP contribution in [0, 0.1) is 0 Å². The minimum absolute atomic E-state index is 0.108. The van der Waals surface area contributed by atoms with Crippen molar-refractivity contribution in [1.29, 1.82) is 0 Å². The van der Waals surface area contributed by atoms with Crippen LogP contribution in [0.5, 0.6) is 0 Å². The Morgan fingerprint density at radius 1 is 0.313 bits per heavy atom. The molecule has 0 heterocycles. The van der Waals surface area contributed by atoms with Crippen molar-refractivity contribution in [2.45, 2.75) is 245 Å². The van der Waals surface area contributed by atoms with Gasteiger partial charge in [-0.15, -0.1) is 0 Å². The third-order valence-electron chi connectivity index (χ3n) is 11.3. The first kappa shape index (κ1) is 63.1. The molecule has 0 aliphatic rings. The molecular formula is C61H100O6. The summed E-state index contributed by atoms with van der Waals surface area (Å²) in [6.45, 7) is 6.34. The van der Waals surface area contributed by atoms with Crippen LogP contribution in [0.15, 0.2) is 109 Å². The van der Waals surface area contributed by atoms with Gasteiger partial charge < -0.3 is 14.2 Å². The lowest BCUT2D eigenvalue weighted by Gasteiger charge is -2.18. The first-order valence-electron chi connectivity index (χ1n) is 27.4. The second-order valence-electron chi connectivity index (χ2n) is 17.7. The van der Waals surface area contributed by atoms with Crippen molar-refractivity contribution in [2.75, 3.05) is 13.2 Å². The predicted molar refractivity (Wildman–Crippen MR) is 288 cm³/mol. The molecule has 1 atom stereocenters. The van der Waals surface area contributed by atoms with Gasteiger partial charge in [0.25, 0.3) is 0 Å². The lowest BCUT2D eigenvalue weighted by atomic mass is 10.0. The molecule has 0 N–H and O–H groups in total. The van der Waals surface area contributed by atoms with Crippen LogP contribution in [0.3, 0.4) is 0 Å². The van der Waals surface area contributed by atoms with Crippen LogP contribution in [-0.4, -0.2) is 37.2 Å². The summed E-state index contributed by atoms with van der Waals surface area (Å²) in [4.78, 5) is 38.1. The largest absolute Gasteiger partial charge is 0.462 e. The minimum Gasteiger partial charge on any atom is -0.462 e. The fourth-order valence-electron chi connectivity index (χ4n) is 7.25. The molecule has 0 fully saturated rings. The summed E-state index contributed by atoms with van der Waals surface area (Å²) in [5, 5.41) is 0. The summed E-state index contributed by atoms with van der Waals surface area (Å²) in [6, 6.07) is 0. The number of carbonyl (C=O) groups is 3. The normalized spacial score (nSPS) is 12.9. The van der Waals surface area contributed by atoms with Crippen LogP contribution in [0.4, 0.5) is 0 Å². The number of allylic oxidation sites excluding steroid dienone is 18. The standard InChI is InChI=1S/C61H100O6/c1-4-7-10-13-16-19-22-25-28-29-30-31-34-36-39-42-45-48-51-54-60(63)66-57-58(67-61(64)55-52-49-46-43-40-37-33-27-24-21-18-15-12-9-6-3)56-65-59(62)53-50-47-44-41-38-35-32-26-23-20-17-14-11-8-5-2/h7,9-10,12,16,18-19,21,25,27-28,30-31,33,36,39,45,48,58H,4-6,8,11,13-15,17,20,22-24,26,29,32,34-35,37-38,40-44,46-47,49-57H2,1-3H3/b10-7-,12-9-,19-16-,21-18-,28-25-,31-30-,33-27-,39-36-,48-45-. The highest BCUT2D eigenvalue weighted by molar-refractivity contribution is 5.71. The predicted octanol–water partition coefficient (Wildman–Crippen LogP) is 18.3. The molecule has 0 spiro atoms. The van der Waals surface area contributed by atoms with Crippen molar-refractivity contribution in [2.24, 2.45) is 0 Å². The number of esters is 3. The van der Waals surface area contributed by atoms with E-state index in [0.717, 1.165) is 116 Å². The van der Waals surface area contributed by atoms with E-state index >= 15 is 0 Å². The van der Waals surface area contributed by atoms with E-state index in [1.54, 1.807) is 0 Å². The van der Waals surface area contributed by atoms with Gasteiger partial charge in [-0.05, 0) is 89.9 Å². The maximum absolute atomic E-state index is 12.8. The van der Waals surface area contributed by atoms with Gasteiger partial charge in [0, 0.05) is 19.3 Å². The minimum atomic E-state index is -0.818. The SMILES string of the molecule is CC/C=C\C/C=C\C/C=C\C/C=C\C/C=C\C/C=C\CCC(=O)OCC(COC(=O)CCCCCCCCCCCCCCCCC)OC(=O)CCCCCCC/C=C\C/C=C\C/C=C\CC. The topological polar surface area (TPSA) is 78.9 Å². The lowest BCUT2D eigenvalue weighted by molar-refractivity contribution is -0.166. The van der Waals surface area contributed by atoms with Gasteiger partial charge in [-0.25, -0.2) is 0 Å². The molecule has 0 aromatic carbocycles. The summed E-state index contributed by atoms with van der Waals surface area (Å²) >= 11 is 0. The molecule has 0 amide bonds. The molecular weight excluding hydrogens is 829 g/mol.